The summed E-state index contributed by atoms with van der Waals surface area (Å²) in [7, 11) is 5.95. The van der Waals surface area contributed by atoms with E-state index in [1.54, 1.807) is 24.3 Å². The SMILES string of the molecule is COc1ccc(C(c2cc(OC)c(OC)c(OC)c2)N2CCCCC2C(=O)O)cc1F. The van der Waals surface area contributed by atoms with Gasteiger partial charge in [-0.15, -0.1) is 0 Å². The molecule has 1 N–H and O–H groups in total. The third-order valence-electron chi connectivity index (χ3n) is 5.66. The van der Waals surface area contributed by atoms with Crippen molar-refractivity contribution in [3.63, 3.8) is 0 Å². The molecule has 2 atom stereocenters. The van der Waals surface area contributed by atoms with E-state index in [1.807, 2.05) is 4.90 Å². The summed E-state index contributed by atoms with van der Waals surface area (Å²) in [4.78, 5) is 13.9. The van der Waals surface area contributed by atoms with Crippen LogP contribution in [0, 0.1) is 5.82 Å². The van der Waals surface area contributed by atoms with Crippen molar-refractivity contribution in [3.05, 3.63) is 47.3 Å². The summed E-state index contributed by atoms with van der Waals surface area (Å²) in [6.45, 7) is 0.561. The van der Waals surface area contributed by atoms with Crippen LogP contribution in [0.4, 0.5) is 4.39 Å². The average molecular weight is 433 g/mol. The van der Waals surface area contributed by atoms with Gasteiger partial charge in [0, 0.05) is 0 Å². The van der Waals surface area contributed by atoms with E-state index in [0.29, 0.717) is 41.3 Å². The van der Waals surface area contributed by atoms with Gasteiger partial charge in [-0.3, -0.25) is 9.69 Å². The number of carboxylic acid groups (broad SMARTS) is 1. The molecule has 0 saturated carbocycles. The Labute approximate surface area is 181 Å². The number of hydrogen-bond acceptors (Lipinski definition) is 6. The van der Waals surface area contributed by atoms with Crippen LogP contribution in [0.1, 0.15) is 36.4 Å². The summed E-state index contributed by atoms with van der Waals surface area (Å²) < 4.78 is 36.1. The van der Waals surface area contributed by atoms with E-state index in [-0.39, 0.29) is 5.75 Å². The molecule has 7 nitrogen and oxygen atoms in total. The van der Waals surface area contributed by atoms with E-state index in [0.717, 1.165) is 12.8 Å². The molecule has 1 heterocycles. The number of halogens is 1. The van der Waals surface area contributed by atoms with Crippen LogP contribution in [0.5, 0.6) is 23.0 Å². The lowest BCUT2D eigenvalue weighted by Crippen LogP contribution is -2.46. The third kappa shape index (κ3) is 4.54. The van der Waals surface area contributed by atoms with E-state index in [4.69, 9.17) is 18.9 Å². The monoisotopic (exact) mass is 433 g/mol. The lowest BCUT2D eigenvalue weighted by molar-refractivity contribution is -0.145. The van der Waals surface area contributed by atoms with Crippen molar-refractivity contribution in [2.24, 2.45) is 0 Å². The number of carbonyl (C=O) groups is 1. The molecule has 31 heavy (non-hydrogen) atoms. The van der Waals surface area contributed by atoms with Gasteiger partial charge in [0.2, 0.25) is 5.75 Å². The van der Waals surface area contributed by atoms with Gasteiger partial charge >= 0.3 is 5.97 Å². The fraction of sp³-hybridized carbons (Fsp3) is 0.435. The maximum atomic E-state index is 14.6. The molecule has 0 aliphatic carbocycles. The minimum atomic E-state index is -0.897. The molecule has 168 valence electrons. The maximum absolute atomic E-state index is 14.6. The summed E-state index contributed by atoms with van der Waals surface area (Å²) in [5, 5.41) is 9.87. The quantitative estimate of drug-likeness (QED) is 0.677. The predicted molar refractivity (Wildman–Crippen MR) is 113 cm³/mol. The Morgan fingerprint density at radius 3 is 2.13 bits per heavy atom. The Balaban J connectivity index is 2.21. The van der Waals surface area contributed by atoms with Gasteiger partial charge in [-0.25, -0.2) is 4.39 Å². The zero-order valence-corrected chi connectivity index (χ0v) is 18.2. The molecule has 1 aliphatic heterocycles. The van der Waals surface area contributed by atoms with Gasteiger partial charge in [-0.2, -0.15) is 0 Å². The number of likely N-dealkylation sites (tertiary alicyclic amines) is 1. The van der Waals surface area contributed by atoms with Crippen molar-refractivity contribution >= 4 is 5.97 Å². The highest BCUT2D eigenvalue weighted by Gasteiger charge is 2.36. The molecule has 3 rings (SSSR count). The predicted octanol–water partition coefficient (Wildman–Crippen LogP) is 3.89. The van der Waals surface area contributed by atoms with Crippen LogP contribution in [-0.2, 0) is 4.79 Å². The smallest absolute Gasteiger partial charge is 0.320 e. The highest BCUT2D eigenvalue weighted by Crippen LogP contribution is 2.43. The lowest BCUT2D eigenvalue weighted by Gasteiger charge is -2.40. The van der Waals surface area contributed by atoms with Gasteiger partial charge in [0.25, 0.3) is 0 Å². The molecule has 0 spiro atoms. The molecule has 0 radical (unpaired) electrons. The van der Waals surface area contributed by atoms with E-state index >= 15 is 0 Å². The number of carboxylic acids is 1. The number of rotatable bonds is 8. The first-order valence-corrected chi connectivity index (χ1v) is 10.1. The number of ether oxygens (including phenoxy) is 4. The van der Waals surface area contributed by atoms with E-state index in [2.05, 4.69) is 0 Å². The molecule has 1 aliphatic rings. The summed E-state index contributed by atoms with van der Waals surface area (Å²) in [5.41, 5.74) is 1.33. The van der Waals surface area contributed by atoms with E-state index in [9.17, 15) is 14.3 Å². The van der Waals surface area contributed by atoms with Crippen molar-refractivity contribution in [3.8, 4) is 23.0 Å². The van der Waals surface area contributed by atoms with E-state index in [1.165, 1.54) is 34.5 Å². The Morgan fingerprint density at radius 2 is 1.61 bits per heavy atom. The van der Waals surface area contributed by atoms with Crippen LogP contribution in [0.25, 0.3) is 0 Å². The van der Waals surface area contributed by atoms with Gasteiger partial charge in [0.15, 0.2) is 23.1 Å². The van der Waals surface area contributed by atoms with Crippen molar-refractivity contribution < 1.29 is 33.2 Å². The molecule has 8 heteroatoms. The van der Waals surface area contributed by atoms with E-state index < -0.39 is 23.9 Å². The topological polar surface area (TPSA) is 77.5 Å². The number of hydrogen-bond donors (Lipinski definition) is 1. The number of nitrogens with zero attached hydrogens (tertiary/aromatic N) is 1. The van der Waals surface area contributed by atoms with Crippen molar-refractivity contribution in [2.45, 2.75) is 31.3 Å². The van der Waals surface area contributed by atoms with Crippen LogP contribution in [0.3, 0.4) is 0 Å². The van der Waals surface area contributed by atoms with Crippen LogP contribution >= 0.6 is 0 Å². The Bertz CT molecular complexity index is 909. The minimum Gasteiger partial charge on any atom is -0.494 e. The van der Waals surface area contributed by atoms with Gasteiger partial charge in [0.05, 0.1) is 34.5 Å². The van der Waals surface area contributed by atoms with Crippen LogP contribution in [0.15, 0.2) is 30.3 Å². The summed E-state index contributed by atoms with van der Waals surface area (Å²) in [5.74, 6) is 0.0366. The number of piperidine rings is 1. The molecular formula is C23H28FNO6. The maximum Gasteiger partial charge on any atom is 0.320 e. The highest BCUT2D eigenvalue weighted by molar-refractivity contribution is 5.74. The molecule has 0 amide bonds. The Hall–Kier alpha value is -3.00. The highest BCUT2D eigenvalue weighted by atomic mass is 19.1. The average Bonchev–Trinajstić information content (AvgIpc) is 2.78. The Kier molecular flexibility index (Phi) is 7.22. The molecule has 0 aromatic heterocycles. The van der Waals surface area contributed by atoms with Gasteiger partial charge < -0.3 is 24.1 Å². The molecule has 2 aromatic rings. The molecule has 2 unspecified atom stereocenters. The summed E-state index contributed by atoms with van der Waals surface area (Å²) >= 11 is 0. The normalized spacial score (nSPS) is 17.6. The van der Waals surface area contributed by atoms with Gasteiger partial charge in [0.1, 0.15) is 6.04 Å². The van der Waals surface area contributed by atoms with Gasteiger partial charge in [-0.1, -0.05) is 12.5 Å². The lowest BCUT2D eigenvalue weighted by atomic mass is 9.91. The number of aliphatic carboxylic acids is 1. The zero-order valence-electron chi connectivity index (χ0n) is 18.2. The van der Waals surface area contributed by atoms with Crippen molar-refractivity contribution in [1.82, 2.24) is 4.90 Å². The standard InChI is InChI=1S/C23H28FNO6/c1-28-18-9-8-14(11-16(18)24)21(25-10-6-5-7-17(25)23(26)27)15-12-19(29-2)22(31-4)20(13-15)30-3/h8-9,11-13,17,21H,5-7,10H2,1-4H3,(H,26,27). The number of methoxy groups -OCH3 is 4. The molecular weight excluding hydrogens is 405 g/mol. The number of benzene rings is 2. The second-order valence-electron chi connectivity index (χ2n) is 7.34. The third-order valence-corrected chi connectivity index (χ3v) is 5.66. The molecule has 1 saturated heterocycles. The van der Waals surface area contributed by atoms with Crippen molar-refractivity contribution in [2.75, 3.05) is 35.0 Å². The first-order chi connectivity index (χ1) is 14.9. The molecule has 0 bridgehead atoms. The Morgan fingerprint density at radius 1 is 0.968 bits per heavy atom. The van der Waals surface area contributed by atoms with Gasteiger partial charge in [-0.05, 0) is 54.8 Å². The van der Waals surface area contributed by atoms with Crippen molar-refractivity contribution in [1.29, 1.82) is 0 Å². The first kappa shape index (κ1) is 22.7. The second kappa shape index (κ2) is 9.87. The summed E-state index contributed by atoms with van der Waals surface area (Å²) in [6.07, 6.45) is 2.20. The largest absolute Gasteiger partial charge is 0.494 e. The van der Waals surface area contributed by atoms with Crippen LogP contribution in [-0.4, -0.2) is 57.0 Å². The second-order valence-corrected chi connectivity index (χ2v) is 7.34. The zero-order chi connectivity index (χ0) is 22.5. The fourth-order valence-electron chi connectivity index (χ4n) is 4.22. The fourth-order valence-corrected chi connectivity index (χ4v) is 4.22. The first-order valence-electron chi connectivity index (χ1n) is 10.1. The van der Waals surface area contributed by atoms with Crippen LogP contribution in [0.2, 0.25) is 0 Å². The summed E-state index contributed by atoms with van der Waals surface area (Å²) in [6, 6.07) is 7.03. The van der Waals surface area contributed by atoms with Crippen LogP contribution < -0.4 is 18.9 Å². The minimum absolute atomic E-state index is 0.126. The molecule has 1 fully saturated rings. The molecule has 2 aromatic carbocycles.